The van der Waals surface area contributed by atoms with Gasteiger partial charge in [0.2, 0.25) is 0 Å². The maximum Gasteiger partial charge on any atom is -0.0351 e. The van der Waals surface area contributed by atoms with E-state index in [1.54, 1.807) is 0 Å². The van der Waals surface area contributed by atoms with Crippen LogP contribution in [0.25, 0.3) is 0 Å². The molecule has 0 aromatic carbocycles. The van der Waals surface area contributed by atoms with Crippen molar-refractivity contribution in [1.29, 1.82) is 0 Å². The largest absolute Gasteiger partial charge is 0.0917 e. The third-order valence-electron chi connectivity index (χ3n) is 2.00. The fourth-order valence-corrected chi connectivity index (χ4v) is 1.24. The fraction of sp³-hybridized carbons (Fsp3) is 0.727. The molecular formula is C11H21. The third kappa shape index (κ3) is 7.64. The second-order valence-electron chi connectivity index (χ2n) is 3.25. The minimum atomic E-state index is 0.873. The second-order valence-corrected chi connectivity index (χ2v) is 3.25. The zero-order valence-corrected chi connectivity index (χ0v) is 7.97. The Balaban J connectivity index is 3.10. The summed E-state index contributed by atoms with van der Waals surface area (Å²) in [7, 11) is 0. The Bertz CT molecular complexity index is 92.2. The summed E-state index contributed by atoms with van der Waals surface area (Å²) in [6, 6.07) is 0. The first-order chi connectivity index (χ1) is 5.31. The SMILES string of the molecule is [CH2]CCC(C)CCC/C=C/C. The number of rotatable bonds is 6. The molecule has 0 spiro atoms. The normalized spacial score (nSPS) is 14.1. The molecule has 0 aliphatic heterocycles. The Morgan fingerprint density at radius 1 is 1.36 bits per heavy atom. The van der Waals surface area contributed by atoms with Gasteiger partial charge in [-0.15, -0.1) is 0 Å². The van der Waals surface area contributed by atoms with Crippen LogP contribution in [0.2, 0.25) is 0 Å². The fourth-order valence-electron chi connectivity index (χ4n) is 1.24. The van der Waals surface area contributed by atoms with Crippen molar-refractivity contribution < 1.29 is 0 Å². The minimum Gasteiger partial charge on any atom is -0.0917 e. The standard InChI is InChI=1S/C11H21/c1-4-6-7-8-10-11(3)9-5-2/h4,6,11H,2,5,7-10H2,1,3H3/b6-4+. The summed E-state index contributed by atoms with van der Waals surface area (Å²) >= 11 is 0. The van der Waals surface area contributed by atoms with Crippen LogP contribution >= 0.6 is 0 Å². The molecule has 0 aliphatic carbocycles. The molecule has 1 radical (unpaired) electrons. The van der Waals surface area contributed by atoms with Gasteiger partial charge in [0.15, 0.2) is 0 Å². The molecule has 0 aromatic heterocycles. The van der Waals surface area contributed by atoms with E-state index in [1.165, 1.54) is 25.7 Å². The maximum absolute atomic E-state index is 3.86. The average molecular weight is 153 g/mol. The summed E-state index contributed by atoms with van der Waals surface area (Å²) in [5, 5.41) is 0. The highest BCUT2D eigenvalue weighted by Crippen LogP contribution is 2.13. The van der Waals surface area contributed by atoms with Crippen LogP contribution in [0.3, 0.4) is 0 Å². The summed E-state index contributed by atoms with van der Waals surface area (Å²) in [6.45, 7) is 8.26. The van der Waals surface area contributed by atoms with Gasteiger partial charge >= 0.3 is 0 Å². The molecule has 0 N–H and O–H groups in total. The van der Waals surface area contributed by atoms with Gasteiger partial charge in [-0.05, 0) is 25.7 Å². The first-order valence-corrected chi connectivity index (χ1v) is 4.71. The van der Waals surface area contributed by atoms with E-state index in [0.29, 0.717) is 0 Å². The zero-order chi connectivity index (χ0) is 8.53. The molecule has 0 amide bonds. The Morgan fingerprint density at radius 3 is 2.64 bits per heavy atom. The Labute approximate surface area is 71.7 Å². The molecule has 11 heavy (non-hydrogen) atoms. The molecule has 0 bridgehead atoms. The lowest BCUT2D eigenvalue weighted by molar-refractivity contribution is 0.480. The Hall–Kier alpha value is -0.260. The zero-order valence-electron chi connectivity index (χ0n) is 7.97. The molecule has 1 atom stereocenters. The molecule has 0 heterocycles. The van der Waals surface area contributed by atoms with Crippen molar-refractivity contribution in [2.45, 2.75) is 46.0 Å². The summed E-state index contributed by atoms with van der Waals surface area (Å²) in [4.78, 5) is 0. The first-order valence-electron chi connectivity index (χ1n) is 4.71. The summed E-state index contributed by atoms with van der Waals surface area (Å²) < 4.78 is 0. The van der Waals surface area contributed by atoms with Crippen LogP contribution in [0.5, 0.6) is 0 Å². The average Bonchev–Trinajstić information content (AvgIpc) is 1.99. The van der Waals surface area contributed by atoms with Gasteiger partial charge in [0.05, 0.1) is 0 Å². The number of unbranched alkanes of at least 4 members (excludes halogenated alkanes) is 1. The van der Waals surface area contributed by atoms with Crippen LogP contribution in [-0.4, -0.2) is 0 Å². The van der Waals surface area contributed by atoms with Gasteiger partial charge in [-0.2, -0.15) is 0 Å². The van der Waals surface area contributed by atoms with Crippen molar-refractivity contribution in [3.05, 3.63) is 19.1 Å². The van der Waals surface area contributed by atoms with Crippen molar-refractivity contribution in [3.63, 3.8) is 0 Å². The lowest BCUT2D eigenvalue weighted by atomic mass is 9.99. The van der Waals surface area contributed by atoms with E-state index in [-0.39, 0.29) is 0 Å². The molecule has 0 rings (SSSR count). The molecule has 0 saturated heterocycles. The van der Waals surface area contributed by atoms with Crippen molar-refractivity contribution >= 4 is 0 Å². The van der Waals surface area contributed by atoms with Crippen LogP contribution in [0, 0.1) is 12.8 Å². The lowest BCUT2D eigenvalue weighted by Crippen LogP contribution is -1.92. The second kappa shape index (κ2) is 7.84. The van der Waals surface area contributed by atoms with E-state index in [9.17, 15) is 0 Å². The highest BCUT2D eigenvalue weighted by molar-refractivity contribution is 4.76. The minimum absolute atomic E-state index is 0.873. The van der Waals surface area contributed by atoms with Crippen molar-refractivity contribution in [2.75, 3.05) is 0 Å². The van der Waals surface area contributed by atoms with E-state index in [1.807, 2.05) is 0 Å². The van der Waals surface area contributed by atoms with Crippen LogP contribution in [-0.2, 0) is 0 Å². The smallest absolute Gasteiger partial charge is 0.0351 e. The predicted molar refractivity (Wildman–Crippen MR) is 52.4 cm³/mol. The predicted octanol–water partition coefficient (Wildman–Crippen LogP) is 3.98. The van der Waals surface area contributed by atoms with E-state index in [0.717, 1.165) is 12.3 Å². The summed E-state index contributed by atoms with van der Waals surface area (Å²) in [5.74, 6) is 0.873. The van der Waals surface area contributed by atoms with E-state index in [2.05, 4.69) is 32.9 Å². The maximum atomic E-state index is 3.86. The molecular weight excluding hydrogens is 132 g/mol. The Morgan fingerprint density at radius 2 is 2.09 bits per heavy atom. The number of hydrogen-bond acceptors (Lipinski definition) is 0. The molecule has 1 unspecified atom stereocenters. The lowest BCUT2D eigenvalue weighted by Gasteiger charge is -2.07. The quantitative estimate of drug-likeness (QED) is 0.400. The van der Waals surface area contributed by atoms with E-state index >= 15 is 0 Å². The molecule has 0 heteroatoms. The van der Waals surface area contributed by atoms with Crippen LogP contribution in [0.1, 0.15) is 46.0 Å². The number of hydrogen-bond donors (Lipinski definition) is 0. The highest BCUT2D eigenvalue weighted by atomic mass is 14.0. The first kappa shape index (κ1) is 10.7. The van der Waals surface area contributed by atoms with Gasteiger partial charge in [0.1, 0.15) is 0 Å². The van der Waals surface area contributed by atoms with Gasteiger partial charge in [-0.1, -0.05) is 45.3 Å². The summed E-state index contributed by atoms with van der Waals surface area (Å²) in [6.07, 6.45) is 10.7. The van der Waals surface area contributed by atoms with Crippen molar-refractivity contribution in [3.8, 4) is 0 Å². The molecule has 0 saturated carbocycles. The van der Waals surface area contributed by atoms with Crippen molar-refractivity contribution in [2.24, 2.45) is 5.92 Å². The highest BCUT2D eigenvalue weighted by Gasteiger charge is 1.98. The van der Waals surface area contributed by atoms with Crippen LogP contribution < -0.4 is 0 Å². The van der Waals surface area contributed by atoms with Gasteiger partial charge in [-0.3, -0.25) is 0 Å². The molecule has 0 aromatic rings. The van der Waals surface area contributed by atoms with Gasteiger partial charge in [0.25, 0.3) is 0 Å². The van der Waals surface area contributed by atoms with Crippen LogP contribution in [0.15, 0.2) is 12.2 Å². The number of allylic oxidation sites excluding steroid dienone is 2. The van der Waals surface area contributed by atoms with Crippen LogP contribution in [0.4, 0.5) is 0 Å². The van der Waals surface area contributed by atoms with Gasteiger partial charge in [-0.25, -0.2) is 0 Å². The van der Waals surface area contributed by atoms with Gasteiger partial charge < -0.3 is 0 Å². The summed E-state index contributed by atoms with van der Waals surface area (Å²) in [5.41, 5.74) is 0. The van der Waals surface area contributed by atoms with E-state index < -0.39 is 0 Å². The topological polar surface area (TPSA) is 0 Å². The monoisotopic (exact) mass is 153 g/mol. The molecule has 0 aliphatic rings. The molecule has 0 nitrogen and oxygen atoms in total. The third-order valence-corrected chi connectivity index (χ3v) is 2.00. The molecule has 65 valence electrons. The van der Waals surface area contributed by atoms with Crippen molar-refractivity contribution in [1.82, 2.24) is 0 Å². The van der Waals surface area contributed by atoms with E-state index in [4.69, 9.17) is 0 Å². The molecule has 0 fully saturated rings. The van der Waals surface area contributed by atoms with Gasteiger partial charge in [0, 0.05) is 0 Å². The Kier molecular flexibility index (Phi) is 7.66.